The van der Waals surface area contributed by atoms with E-state index in [1.54, 1.807) is 39.0 Å². The van der Waals surface area contributed by atoms with E-state index in [4.69, 9.17) is 14.2 Å². The number of sulfonamides is 1. The first-order valence-corrected chi connectivity index (χ1v) is 10.2. The largest absolute Gasteiger partial charge is 0.443 e. The molecule has 1 aromatic heterocycles. The first kappa shape index (κ1) is 19.8. The van der Waals surface area contributed by atoms with Crippen molar-refractivity contribution in [2.75, 3.05) is 26.4 Å². The lowest BCUT2D eigenvalue weighted by molar-refractivity contribution is -0.0846. The number of aromatic nitrogens is 1. The number of hydrogen-bond acceptors (Lipinski definition) is 6. The molecule has 1 N–H and O–H groups in total. The summed E-state index contributed by atoms with van der Waals surface area (Å²) in [6.45, 7) is 6.62. The molecule has 27 heavy (non-hydrogen) atoms. The zero-order valence-corrected chi connectivity index (χ0v) is 16.4. The fourth-order valence-electron chi connectivity index (χ4n) is 2.78. The summed E-state index contributed by atoms with van der Waals surface area (Å²) >= 11 is 0. The molecule has 1 aromatic carbocycles. The minimum Gasteiger partial charge on any atom is -0.443 e. The Balaban J connectivity index is 1.91. The highest BCUT2D eigenvalue weighted by Crippen LogP contribution is 2.25. The van der Waals surface area contributed by atoms with E-state index in [9.17, 15) is 13.2 Å². The molecule has 0 radical (unpaired) electrons. The molecule has 0 bridgehead atoms. The smallest absolute Gasteiger partial charge is 0.419 e. The van der Waals surface area contributed by atoms with Gasteiger partial charge in [0.05, 0.1) is 31.4 Å². The monoisotopic (exact) mass is 396 g/mol. The van der Waals surface area contributed by atoms with Crippen LogP contribution in [0, 0.1) is 0 Å². The predicted octanol–water partition coefficient (Wildman–Crippen LogP) is 2.12. The quantitative estimate of drug-likeness (QED) is 0.850. The SMILES string of the molecule is CC(C)(C)OC(=O)n1ccc2cccc(S(=O)(=O)NC[C@H]3COCCO3)c21. The topological polar surface area (TPSA) is 95.9 Å². The second-order valence-corrected chi connectivity index (χ2v) is 9.02. The van der Waals surface area contributed by atoms with Crippen LogP contribution >= 0.6 is 0 Å². The fourth-order valence-corrected chi connectivity index (χ4v) is 4.07. The summed E-state index contributed by atoms with van der Waals surface area (Å²) in [5, 5.41) is 0.626. The average molecular weight is 396 g/mol. The van der Waals surface area contributed by atoms with Crippen LogP contribution in [0.5, 0.6) is 0 Å². The van der Waals surface area contributed by atoms with Gasteiger partial charge in [0.25, 0.3) is 0 Å². The maximum absolute atomic E-state index is 12.9. The lowest BCUT2D eigenvalue weighted by Crippen LogP contribution is -2.39. The van der Waals surface area contributed by atoms with Gasteiger partial charge in [0.1, 0.15) is 10.5 Å². The van der Waals surface area contributed by atoms with Crippen molar-refractivity contribution in [2.45, 2.75) is 37.4 Å². The Morgan fingerprint density at radius 2 is 2.07 bits per heavy atom. The molecule has 9 heteroatoms. The van der Waals surface area contributed by atoms with Crippen LogP contribution in [0.15, 0.2) is 35.4 Å². The van der Waals surface area contributed by atoms with Gasteiger partial charge in [0.2, 0.25) is 10.0 Å². The van der Waals surface area contributed by atoms with Crippen molar-refractivity contribution in [2.24, 2.45) is 0 Å². The van der Waals surface area contributed by atoms with E-state index in [1.807, 2.05) is 0 Å². The third-order valence-corrected chi connectivity index (χ3v) is 5.40. The number of hydrogen-bond donors (Lipinski definition) is 1. The Kier molecular flexibility index (Phi) is 5.57. The summed E-state index contributed by atoms with van der Waals surface area (Å²) in [5.74, 6) is 0. The molecule has 1 fully saturated rings. The molecule has 148 valence electrons. The van der Waals surface area contributed by atoms with Crippen LogP contribution < -0.4 is 4.72 Å². The third-order valence-electron chi connectivity index (χ3n) is 3.94. The second kappa shape index (κ2) is 7.59. The number of rotatable bonds is 4. The fraction of sp³-hybridized carbons (Fsp3) is 0.500. The maximum Gasteiger partial charge on any atom is 0.419 e. The summed E-state index contributed by atoms with van der Waals surface area (Å²) in [5.41, 5.74) is -0.419. The second-order valence-electron chi connectivity index (χ2n) is 7.28. The molecule has 1 aliphatic rings. The first-order valence-electron chi connectivity index (χ1n) is 8.70. The molecular formula is C18H24N2O6S. The number of ether oxygens (including phenoxy) is 3. The molecule has 1 saturated heterocycles. The van der Waals surface area contributed by atoms with E-state index in [1.165, 1.54) is 16.8 Å². The summed E-state index contributed by atoms with van der Waals surface area (Å²) < 4.78 is 45.6. The van der Waals surface area contributed by atoms with Crippen LogP contribution in [0.4, 0.5) is 4.79 Å². The number of carbonyl (C=O) groups excluding carboxylic acids is 1. The summed E-state index contributed by atoms with van der Waals surface area (Å²) in [6, 6.07) is 6.52. The normalized spacial score (nSPS) is 18.6. The molecule has 0 amide bonds. The Morgan fingerprint density at radius 3 is 2.74 bits per heavy atom. The average Bonchev–Trinajstić information content (AvgIpc) is 3.03. The highest BCUT2D eigenvalue weighted by atomic mass is 32.2. The Labute approximate surface area is 158 Å². The number of fused-ring (bicyclic) bond motifs is 1. The van der Waals surface area contributed by atoms with Gasteiger partial charge in [-0.15, -0.1) is 0 Å². The standard InChI is InChI=1S/C18H24N2O6S/c1-18(2,3)26-17(21)20-8-7-13-5-4-6-15(16(13)20)27(22,23)19-11-14-12-24-9-10-25-14/h4-8,14,19H,9-12H2,1-3H3/t14-/m0/s1. The van der Waals surface area contributed by atoms with E-state index in [0.717, 1.165) is 0 Å². The predicted molar refractivity (Wildman–Crippen MR) is 99.3 cm³/mol. The number of nitrogens with one attached hydrogen (secondary N) is 1. The molecule has 1 aliphatic heterocycles. The van der Waals surface area contributed by atoms with Crippen LogP contribution in [-0.2, 0) is 24.2 Å². The van der Waals surface area contributed by atoms with Crippen LogP contribution in [0.25, 0.3) is 10.9 Å². The van der Waals surface area contributed by atoms with E-state index < -0.39 is 21.7 Å². The minimum atomic E-state index is -3.87. The van der Waals surface area contributed by atoms with Crippen LogP contribution in [0.2, 0.25) is 0 Å². The lowest BCUT2D eigenvalue weighted by atomic mass is 10.2. The van der Waals surface area contributed by atoms with E-state index >= 15 is 0 Å². The number of nitrogens with zero attached hydrogens (tertiary/aromatic N) is 1. The van der Waals surface area contributed by atoms with Gasteiger partial charge in [0.15, 0.2) is 0 Å². The molecule has 1 atom stereocenters. The van der Waals surface area contributed by atoms with Gasteiger partial charge in [-0.3, -0.25) is 4.57 Å². The summed E-state index contributed by atoms with van der Waals surface area (Å²) in [4.78, 5) is 12.5. The van der Waals surface area contributed by atoms with Crippen molar-refractivity contribution in [1.29, 1.82) is 0 Å². The highest BCUT2D eigenvalue weighted by molar-refractivity contribution is 7.89. The van der Waals surface area contributed by atoms with Gasteiger partial charge in [0, 0.05) is 18.1 Å². The van der Waals surface area contributed by atoms with E-state index in [2.05, 4.69) is 4.72 Å². The molecule has 0 spiro atoms. The van der Waals surface area contributed by atoms with Crippen LogP contribution in [0.3, 0.4) is 0 Å². The van der Waals surface area contributed by atoms with Gasteiger partial charge >= 0.3 is 6.09 Å². The molecule has 8 nitrogen and oxygen atoms in total. The number of para-hydroxylation sites is 1. The van der Waals surface area contributed by atoms with Gasteiger partial charge in [-0.25, -0.2) is 17.9 Å². The van der Waals surface area contributed by atoms with Crippen molar-refractivity contribution in [3.63, 3.8) is 0 Å². The Bertz CT molecular complexity index is 923. The van der Waals surface area contributed by atoms with Gasteiger partial charge in [-0.05, 0) is 32.9 Å². The molecule has 3 rings (SSSR count). The third kappa shape index (κ3) is 4.67. The zero-order chi connectivity index (χ0) is 19.7. The first-order chi connectivity index (χ1) is 12.7. The van der Waals surface area contributed by atoms with Crippen molar-refractivity contribution in [3.8, 4) is 0 Å². The Hall–Kier alpha value is -1.94. The van der Waals surface area contributed by atoms with Crippen LogP contribution in [-0.4, -0.2) is 57.1 Å². The molecular weight excluding hydrogens is 372 g/mol. The highest BCUT2D eigenvalue weighted by Gasteiger charge is 2.25. The summed E-state index contributed by atoms with van der Waals surface area (Å²) in [7, 11) is -3.87. The maximum atomic E-state index is 12.9. The lowest BCUT2D eigenvalue weighted by Gasteiger charge is -2.23. The molecule has 0 aliphatic carbocycles. The number of benzene rings is 1. The zero-order valence-electron chi connectivity index (χ0n) is 15.6. The molecule has 0 unspecified atom stereocenters. The van der Waals surface area contributed by atoms with Crippen LogP contribution in [0.1, 0.15) is 20.8 Å². The Morgan fingerprint density at radius 1 is 1.30 bits per heavy atom. The molecule has 2 aromatic rings. The van der Waals surface area contributed by atoms with Crippen molar-refractivity contribution >= 4 is 27.0 Å². The van der Waals surface area contributed by atoms with E-state index in [0.29, 0.717) is 25.2 Å². The van der Waals surface area contributed by atoms with Gasteiger partial charge in [-0.1, -0.05) is 12.1 Å². The molecule has 0 saturated carbocycles. The van der Waals surface area contributed by atoms with Crippen molar-refractivity contribution in [3.05, 3.63) is 30.5 Å². The minimum absolute atomic E-state index is 0.00702. The van der Waals surface area contributed by atoms with Crippen molar-refractivity contribution in [1.82, 2.24) is 9.29 Å². The summed E-state index contributed by atoms with van der Waals surface area (Å²) in [6.07, 6.45) is 0.532. The molecule has 2 heterocycles. The van der Waals surface area contributed by atoms with E-state index in [-0.39, 0.29) is 23.1 Å². The van der Waals surface area contributed by atoms with Gasteiger partial charge in [-0.2, -0.15) is 0 Å². The number of carbonyl (C=O) groups is 1. The van der Waals surface area contributed by atoms with Crippen molar-refractivity contribution < 1.29 is 27.4 Å². The van der Waals surface area contributed by atoms with Gasteiger partial charge < -0.3 is 14.2 Å².